The van der Waals surface area contributed by atoms with Crippen LogP contribution in [0.25, 0.3) is 0 Å². The third-order valence-corrected chi connectivity index (χ3v) is 27.7. The fourth-order valence-corrected chi connectivity index (χ4v) is 21.0. The molecule has 0 saturated carbocycles. The van der Waals surface area contributed by atoms with Crippen molar-refractivity contribution in [3.63, 3.8) is 0 Å². The third-order valence-electron chi connectivity index (χ3n) is 16.5. The van der Waals surface area contributed by atoms with Gasteiger partial charge in [0.2, 0.25) is 0 Å². The van der Waals surface area contributed by atoms with E-state index in [9.17, 15) is 26.3 Å². The van der Waals surface area contributed by atoms with E-state index in [2.05, 4.69) is 55.4 Å². The molecule has 0 N–H and O–H groups in total. The topological polar surface area (TPSA) is 114 Å². The Labute approximate surface area is 508 Å². The standard InChI is InChI=1S/2C32H68P.2CHF3O3S/c2*1-5-9-13-17-18-19-20-21-22-23-24-28-32-33(29-25-14-10-6-2,30-26-15-11-7-3)31-27-16-12-8-4;2*2-1(3,4)8(5,6)7/h2*5-32H2,1-4H3;2*(H,5,6,7)/q2*+1;;/p-2. The predicted molar refractivity (Wildman–Crippen MR) is 351 cm³/mol. The highest BCUT2D eigenvalue weighted by molar-refractivity contribution is 7.86. The van der Waals surface area contributed by atoms with Gasteiger partial charge in [0, 0.05) is 14.5 Å². The van der Waals surface area contributed by atoms with Gasteiger partial charge in [0.15, 0.2) is 20.2 Å². The van der Waals surface area contributed by atoms with E-state index in [0.29, 0.717) is 0 Å². The molecule has 0 amide bonds. The Morgan fingerprint density at radius 3 is 0.402 bits per heavy atom. The Balaban J connectivity index is -0.000000583. The molecule has 82 heavy (non-hydrogen) atoms. The second-order valence-electron chi connectivity index (χ2n) is 24.4. The van der Waals surface area contributed by atoms with Crippen molar-refractivity contribution in [2.24, 2.45) is 0 Å². The molecule has 0 fully saturated rings. The van der Waals surface area contributed by atoms with Crippen LogP contribution in [0, 0.1) is 0 Å². The SMILES string of the molecule is CCCCCCCCCCCCCC[P+](CCCCCC)(CCCCCC)CCCCCC.CCCCCCCCCCCCCC[P+](CCCCCC)(CCCCCC)CCCCCC.O=S(=O)([O-])C(F)(F)F.O=S(=O)([O-])C(F)(F)F. The lowest BCUT2D eigenvalue weighted by Crippen LogP contribution is -2.21. The zero-order valence-electron chi connectivity index (χ0n) is 55.0. The minimum atomic E-state index is -6.09. The van der Waals surface area contributed by atoms with Crippen LogP contribution in [0.1, 0.15) is 364 Å². The molecule has 0 radical (unpaired) electrons. The molecule has 0 saturated heterocycles. The fourth-order valence-electron chi connectivity index (χ4n) is 11.2. The summed E-state index contributed by atoms with van der Waals surface area (Å²) in [5, 5.41) is 0. The number of hydrogen-bond donors (Lipinski definition) is 0. The normalized spacial score (nSPS) is 12.4. The van der Waals surface area contributed by atoms with E-state index in [1.165, 1.54) is 257 Å². The first kappa shape index (κ1) is 88.7. The van der Waals surface area contributed by atoms with Crippen molar-refractivity contribution in [2.75, 3.05) is 49.3 Å². The maximum absolute atomic E-state index is 10.7. The first-order valence-corrected chi connectivity index (χ1v) is 42.6. The average molecular weight is 1270 g/mol. The van der Waals surface area contributed by atoms with Gasteiger partial charge in [-0.1, -0.05) is 261 Å². The summed E-state index contributed by atoms with van der Waals surface area (Å²) >= 11 is 0. The second-order valence-corrected chi connectivity index (χ2v) is 36.1. The molecule has 0 heterocycles. The van der Waals surface area contributed by atoms with Gasteiger partial charge < -0.3 is 9.11 Å². The van der Waals surface area contributed by atoms with E-state index in [4.69, 9.17) is 25.9 Å². The van der Waals surface area contributed by atoms with E-state index >= 15 is 0 Å². The van der Waals surface area contributed by atoms with E-state index in [0.717, 1.165) is 0 Å². The molecule has 0 atom stereocenters. The Morgan fingerprint density at radius 1 is 0.220 bits per heavy atom. The number of rotatable bonds is 56. The zero-order chi connectivity index (χ0) is 62.6. The van der Waals surface area contributed by atoms with Crippen LogP contribution in [-0.4, -0.2) is 86.3 Å². The molecule has 0 spiro atoms. The minimum absolute atomic E-state index is 0.697. The summed E-state index contributed by atoms with van der Waals surface area (Å²) in [6.07, 6.45) is 84.2. The zero-order valence-corrected chi connectivity index (χ0v) is 58.4. The van der Waals surface area contributed by atoms with Crippen LogP contribution < -0.4 is 0 Å². The van der Waals surface area contributed by atoms with Crippen molar-refractivity contribution in [1.82, 2.24) is 0 Å². The molecule has 0 unspecified atom stereocenters. The molecule has 0 bridgehead atoms. The van der Waals surface area contributed by atoms with Gasteiger partial charge in [-0.3, -0.25) is 0 Å². The molecule has 6 nitrogen and oxygen atoms in total. The Hall–Kier alpha value is 0.260. The van der Waals surface area contributed by atoms with E-state index in [-0.39, 0.29) is 0 Å². The quantitative estimate of drug-likeness (QED) is 0.0197. The van der Waals surface area contributed by atoms with Crippen molar-refractivity contribution in [3.8, 4) is 0 Å². The second kappa shape index (κ2) is 61.5. The Bertz CT molecular complexity index is 1330. The third kappa shape index (κ3) is 61.9. The summed E-state index contributed by atoms with van der Waals surface area (Å²) in [5.74, 6) is 0. The summed E-state index contributed by atoms with van der Waals surface area (Å²) in [6, 6.07) is 0. The average Bonchev–Trinajstić information content (AvgIpc) is 3.42. The van der Waals surface area contributed by atoms with Gasteiger partial charge in [-0.25, -0.2) is 16.8 Å². The van der Waals surface area contributed by atoms with Crippen LogP contribution in [0.5, 0.6) is 0 Å². The van der Waals surface area contributed by atoms with Crippen molar-refractivity contribution >= 4 is 34.8 Å². The van der Waals surface area contributed by atoms with Crippen molar-refractivity contribution < 1.29 is 52.3 Å². The van der Waals surface area contributed by atoms with Gasteiger partial charge >= 0.3 is 11.0 Å². The molecule has 0 aliphatic rings. The number of hydrogen-bond acceptors (Lipinski definition) is 6. The fraction of sp³-hybridized carbons (Fsp3) is 1.00. The summed E-state index contributed by atoms with van der Waals surface area (Å²) in [6.45, 7) is 18.8. The Kier molecular flexibility index (Phi) is 66.5. The number of halogens is 6. The summed E-state index contributed by atoms with van der Waals surface area (Å²) < 4.78 is 118. The lowest BCUT2D eigenvalue weighted by molar-refractivity contribution is -0.0522. The van der Waals surface area contributed by atoms with Crippen LogP contribution in [0.15, 0.2) is 0 Å². The monoisotopic (exact) mass is 1260 g/mol. The lowest BCUT2D eigenvalue weighted by Gasteiger charge is -2.28. The molecular formula is C66H136F6O6P2S2. The smallest absolute Gasteiger partial charge is 0.485 e. The van der Waals surface area contributed by atoms with Gasteiger partial charge in [-0.05, 0) is 103 Å². The van der Waals surface area contributed by atoms with Crippen molar-refractivity contribution in [1.29, 1.82) is 0 Å². The van der Waals surface area contributed by atoms with Crippen LogP contribution >= 0.6 is 14.5 Å². The highest BCUT2D eigenvalue weighted by Gasteiger charge is 2.38. The van der Waals surface area contributed by atoms with Gasteiger partial charge in [-0.2, -0.15) is 26.3 Å². The maximum atomic E-state index is 10.7. The molecule has 0 aliphatic carbocycles. The van der Waals surface area contributed by atoms with Crippen LogP contribution in [0.3, 0.4) is 0 Å². The van der Waals surface area contributed by atoms with Crippen LogP contribution in [0.4, 0.5) is 26.3 Å². The molecule has 0 aliphatic heterocycles. The van der Waals surface area contributed by atoms with Gasteiger partial charge in [-0.15, -0.1) is 0 Å². The molecule has 0 rings (SSSR count). The van der Waals surface area contributed by atoms with Crippen LogP contribution in [-0.2, 0) is 20.2 Å². The summed E-state index contributed by atoms with van der Waals surface area (Å²) in [7, 11) is -13.6. The molecule has 500 valence electrons. The van der Waals surface area contributed by atoms with Crippen molar-refractivity contribution in [2.45, 2.75) is 375 Å². The molecule has 0 aromatic heterocycles. The molecule has 0 aromatic carbocycles. The highest BCUT2D eigenvalue weighted by Crippen LogP contribution is 2.62. The summed E-state index contributed by atoms with van der Waals surface area (Å²) in [4.78, 5) is 0. The number of unbranched alkanes of at least 4 members (excludes halogenated alkanes) is 40. The number of alkyl halides is 6. The Morgan fingerprint density at radius 2 is 0.305 bits per heavy atom. The van der Waals surface area contributed by atoms with E-state index in [1.54, 1.807) is 101 Å². The summed E-state index contributed by atoms with van der Waals surface area (Å²) in [5.41, 5.74) is -11.3. The van der Waals surface area contributed by atoms with E-state index < -0.39 is 45.8 Å². The van der Waals surface area contributed by atoms with Gasteiger partial charge in [0.1, 0.15) is 0 Å². The molecule has 16 heteroatoms. The first-order chi connectivity index (χ1) is 39.0. The highest BCUT2D eigenvalue weighted by atomic mass is 32.2. The minimum Gasteiger partial charge on any atom is -0.741 e. The lowest BCUT2D eigenvalue weighted by atomic mass is 10.1. The predicted octanol–water partition coefficient (Wildman–Crippen LogP) is 25.0. The van der Waals surface area contributed by atoms with E-state index in [1.807, 2.05) is 0 Å². The molecular weight excluding hydrogens is 1130 g/mol. The van der Waals surface area contributed by atoms with Gasteiger partial charge in [0.05, 0.1) is 49.3 Å². The largest absolute Gasteiger partial charge is 0.741 e. The van der Waals surface area contributed by atoms with Gasteiger partial charge in [0.25, 0.3) is 0 Å². The van der Waals surface area contributed by atoms with Crippen molar-refractivity contribution in [3.05, 3.63) is 0 Å². The maximum Gasteiger partial charge on any atom is 0.485 e. The molecule has 0 aromatic rings. The first-order valence-electron chi connectivity index (χ1n) is 34.7. The van der Waals surface area contributed by atoms with Crippen LogP contribution in [0.2, 0.25) is 0 Å².